The van der Waals surface area contributed by atoms with Crippen molar-refractivity contribution in [3.05, 3.63) is 35.9 Å². The molecule has 1 heterocycles. The van der Waals surface area contributed by atoms with E-state index in [9.17, 15) is 4.79 Å². The molecule has 1 fully saturated rings. The molecule has 1 saturated heterocycles. The molecular weight excluding hydrogens is 240 g/mol. The van der Waals surface area contributed by atoms with Crippen LogP contribution in [0.3, 0.4) is 0 Å². The molecule has 2 atom stereocenters. The Morgan fingerprint density at radius 2 is 2.16 bits per heavy atom. The van der Waals surface area contributed by atoms with Crippen LogP contribution in [0.4, 0.5) is 0 Å². The van der Waals surface area contributed by atoms with Crippen LogP contribution in [-0.4, -0.2) is 41.7 Å². The molecule has 2 rings (SSSR count). The van der Waals surface area contributed by atoms with Gasteiger partial charge in [-0.1, -0.05) is 30.3 Å². The Hall–Kier alpha value is -1.39. The number of carbonyl (C=O) groups excluding carboxylic acids is 1. The van der Waals surface area contributed by atoms with Crippen LogP contribution in [0.15, 0.2) is 30.3 Å². The summed E-state index contributed by atoms with van der Waals surface area (Å²) >= 11 is 0. The highest BCUT2D eigenvalue weighted by Crippen LogP contribution is 2.20. The molecule has 0 aliphatic carbocycles. The average molecular weight is 262 g/mol. The predicted molar refractivity (Wildman–Crippen MR) is 74.5 cm³/mol. The molecular formula is C15H22N2O2. The molecule has 1 aromatic carbocycles. The van der Waals surface area contributed by atoms with Gasteiger partial charge in [0.15, 0.2) is 0 Å². The van der Waals surface area contributed by atoms with Gasteiger partial charge in [0.1, 0.15) is 0 Å². The summed E-state index contributed by atoms with van der Waals surface area (Å²) in [5.74, 6) is 0.460. The van der Waals surface area contributed by atoms with Crippen LogP contribution < -0.4 is 5.73 Å². The fraction of sp³-hybridized carbons (Fsp3) is 0.533. The number of nitrogens with zero attached hydrogens (tertiary/aromatic N) is 1. The number of nitrogens with two attached hydrogens (primary N) is 1. The van der Waals surface area contributed by atoms with Crippen molar-refractivity contribution in [2.24, 2.45) is 11.7 Å². The van der Waals surface area contributed by atoms with E-state index >= 15 is 0 Å². The minimum Gasteiger partial charge on any atom is -0.396 e. The first-order valence-corrected chi connectivity index (χ1v) is 6.90. The molecule has 4 heteroatoms. The highest BCUT2D eigenvalue weighted by molar-refractivity contribution is 5.82. The standard InChI is InChI=1S/C15H22N2O2/c16-14(10-12-4-2-1-3-5-12)15(19)17-8-6-13(11-17)7-9-18/h1-5,13-14,18H,6-11,16H2/t13?,14-/m1/s1. The zero-order valence-electron chi connectivity index (χ0n) is 11.2. The van der Waals surface area contributed by atoms with Crippen molar-refractivity contribution in [3.63, 3.8) is 0 Å². The Morgan fingerprint density at radius 1 is 1.42 bits per heavy atom. The number of aliphatic hydroxyl groups is 1. The monoisotopic (exact) mass is 262 g/mol. The van der Waals surface area contributed by atoms with E-state index < -0.39 is 6.04 Å². The quantitative estimate of drug-likeness (QED) is 0.824. The molecule has 0 radical (unpaired) electrons. The summed E-state index contributed by atoms with van der Waals surface area (Å²) in [5, 5.41) is 8.93. The molecule has 104 valence electrons. The van der Waals surface area contributed by atoms with Gasteiger partial charge in [-0.3, -0.25) is 4.79 Å². The van der Waals surface area contributed by atoms with Crippen LogP contribution in [0.5, 0.6) is 0 Å². The molecule has 0 spiro atoms. The topological polar surface area (TPSA) is 66.6 Å². The van der Waals surface area contributed by atoms with Crippen molar-refractivity contribution in [1.29, 1.82) is 0 Å². The first-order chi connectivity index (χ1) is 9.20. The number of likely N-dealkylation sites (tertiary alicyclic amines) is 1. The molecule has 4 nitrogen and oxygen atoms in total. The van der Waals surface area contributed by atoms with E-state index in [0.717, 1.165) is 31.5 Å². The van der Waals surface area contributed by atoms with E-state index in [2.05, 4.69) is 0 Å². The van der Waals surface area contributed by atoms with E-state index in [1.807, 2.05) is 35.2 Å². The SMILES string of the molecule is N[C@H](Cc1ccccc1)C(=O)N1CCC(CCO)C1. The molecule has 1 unspecified atom stereocenters. The lowest BCUT2D eigenvalue weighted by molar-refractivity contribution is -0.131. The fourth-order valence-corrected chi connectivity index (χ4v) is 2.64. The van der Waals surface area contributed by atoms with E-state index in [-0.39, 0.29) is 12.5 Å². The summed E-state index contributed by atoms with van der Waals surface area (Å²) in [7, 11) is 0. The van der Waals surface area contributed by atoms with E-state index in [1.54, 1.807) is 0 Å². The van der Waals surface area contributed by atoms with E-state index in [4.69, 9.17) is 10.8 Å². The maximum absolute atomic E-state index is 12.2. The molecule has 0 saturated carbocycles. The number of amides is 1. The smallest absolute Gasteiger partial charge is 0.239 e. The predicted octanol–water partition coefficient (Wildman–Crippen LogP) is 0.787. The second-order valence-corrected chi connectivity index (χ2v) is 5.25. The third kappa shape index (κ3) is 3.78. The summed E-state index contributed by atoms with van der Waals surface area (Å²) in [6.45, 7) is 1.70. The molecule has 0 bridgehead atoms. The number of benzene rings is 1. The minimum atomic E-state index is -0.463. The third-order valence-electron chi connectivity index (χ3n) is 3.75. The van der Waals surface area contributed by atoms with Gasteiger partial charge in [-0.25, -0.2) is 0 Å². The van der Waals surface area contributed by atoms with Crippen molar-refractivity contribution in [2.45, 2.75) is 25.3 Å². The largest absolute Gasteiger partial charge is 0.396 e. The molecule has 1 amide bonds. The van der Waals surface area contributed by atoms with Gasteiger partial charge < -0.3 is 15.7 Å². The van der Waals surface area contributed by atoms with E-state index in [0.29, 0.717) is 12.3 Å². The van der Waals surface area contributed by atoms with Crippen LogP contribution >= 0.6 is 0 Å². The van der Waals surface area contributed by atoms with Crippen molar-refractivity contribution < 1.29 is 9.90 Å². The normalized spacial score (nSPS) is 20.5. The Kier molecular flexibility index (Phi) is 4.93. The van der Waals surface area contributed by atoms with Crippen molar-refractivity contribution >= 4 is 5.91 Å². The first kappa shape index (κ1) is 14.0. The van der Waals surface area contributed by atoms with Gasteiger partial charge in [0.2, 0.25) is 5.91 Å². The van der Waals surface area contributed by atoms with Crippen LogP contribution in [0.2, 0.25) is 0 Å². The lowest BCUT2D eigenvalue weighted by Crippen LogP contribution is -2.43. The number of hydrogen-bond donors (Lipinski definition) is 2. The Labute approximate surface area is 114 Å². The zero-order valence-corrected chi connectivity index (χ0v) is 11.2. The van der Waals surface area contributed by atoms with Gasteiger partial charge in [-0.05, 0) is 30.7 Å². The fourth-order valence-electron chi connectivity index (χ4n) is 2.64. The van der Waals surface area contributed by atoms with Crippen LogP contribution in [-0.2, 0) is 11.2 Å². The average Bonchev–Trinajstić information content (AvgIpc) is 2.88. The van der Waals surface area contributed by atoms with Crippen molar-refractivity contribution in [3.8, 4) is 0 Å². The minimum absolute atomic E-state index is 0.0318. The molecule has 19 heavy (non-hydrogen) atoms. The van der Waals surface area contributed by atoms with Crippen LogP contribution in [0.25, 0.3) is 0 Å². The second-order valence-electron chi connectivity index (χ2n) is 5.25. The summed E-state index contributed by atoms with van der Waals surface area (Å²) in [5.41, 5.74) is 7.10. The summed E-state index contributed by atoms with van der Waals surface area (Å²) in [4.78, 5) is 14.1. The van der Waals surface area contributed by atoms with E-state index in [1.165, 1.54) is 0 Å². The summed E-state index contributed by atoms with van der Waals surface area (Å²) in [6.07, 6.45) is 2.34. The van der Waals surface area contributed by atoms with Gasteiger partial charge in [0, 0.05) is 19.7 Å². The summed E-state index contributed by atoms with van der Waals surface area (Å²) in [6, 6.07) is 9.39. The lowest BCUT2D eigenvalue weighted by atomic mass is 10.1. The number of rotatable bonds is 5. The maximum Gasteiger partial charge on any atom is 0.239 e. The second kappa shape index (κ2) is 6.68. The molecule has 1 aromatic rings. The zero-order chi connectivity index (χ0) is 13.7. The highest BCUT2D eigenvalue weighted by atomic mass is 16.3. The van der Waals surface area contributed by atoms with Crippen molar-refractivity contribution in [1.82, 2.24) is 4.90 Å². The van der Waals surface area contributed by atoms with Gasteiger partial charge in [0.25, 0.3) is 0 Å². The lowest BCUT2D eigenvalue weighted by Gasteiger charge is -2.21. The molecule has 0 aromatic heterocycles. The first-order valence-electron chi connectivity index (χ1n) is 6.90. The number of hydrogen-bond acceptors (Lipinski definition) is 3. The third-order valence-corrected chi connectivity index (χ3v) is 3.75. The van der Waals surface area contributed by atoms with Crippen molar-refractivity contribution in [2.75, 3.05) is 19.7 Å². The number of aliphatic hydroxyl groups excluding tert-OH is 1. The van der Waals surface area contributed by atoms with Gasteiger partial charge in [-0.15, -0.1) is 0 Å². The van der Waals surface area contributed by atoms with Gasteiger partial charge >= 0.3 is 0 Å². The Balaban J connectivity index is 1.86. The van der Waals surface area contributed by atoms with Crippen LogP contribution in [0, 0.1) is 5.92 Å². The van der Waals surface area contributed by atoms with Crippen LogP contribution in [0.1, 0.15) is 18.4 Å². The number of carbonyl (C=O) groups is 1. The Bertz CT molecular complexity index is 408. The van der Waals surface area contributed by atoms with Gasteiger partial charge in [0.05, 0.1) is 6.04 Å². The molecule has 3 N–H and O–H groups in total. The summed E-state index contributed by atoms with van der Waals surface area (Å²) < 4.78 is 0. The highest BCUT2D eigenvalue weighted by Gasteiger charge is 2.28. The Morgan fingerprint density at radius 3 is 2.84 bits per heavy atom. The van der Waals surface area contributed by atoms with Gasteiger partial charge in [-0.2, -0.15) is 0 Å². The molecule has 1 aliphatic heterocycles. The maximum atomic E-state index is 12.2. The molecule has 1 aliphatic rings.